The van der Waals surface area contributed by atoms with Gasteiger partial charge in [-0.25, -0.2) is 9.37 Å². The van der Waals surface area contributed by atoms with Crippen molar-refractivity contribution in [3.05, 3.63) is 52.2 Å². The molecule has 146 valence electrons. The fraction of sp³-hybridized carbons (Fsp3) is 0.500. The Balaban J connectivity index is 1.52. The lowest BCUT2D eigenvalue weighted by Gasteiger charge is -2.34. The SMILES string of the molecule is COCCN(CC1CCN(Cc2ccccc2F)CC1)C(=O)c1cscn1. The first kappa shape index (κ1) is 19.9. The summed E-state index contributed by atoms with van der Waals surface area (Å²) in [5, 5.41) is 1.79. The van der Waals surface area contributed by atoms with Crippen LogP contribution in [0.15, 0.2) is 35.2 Å². The van der Waals surface area contributed by atoms with E-state index >= 15 is 0 Å². The number of halogens is 1. The van der Waals surface area contributed by atoms with Crippen LogP contribution in [0.5, 0.6) is 0 Å². The Bertz CT molecular complexity index is 718. The quantitative estimate of drug-likeness (QED) is 0.693. The number of methoxy groups -OCH3 is 1. The maximum absolute atomic E-state index is 13.8. The number of hydrogen-bond acceptors (Lipinski definition) is 5. The van der Waals surface area contributed by atoms with Crippen molar-refractivity contribution >= 4 is 17.2 Å². The monoisotopic (exact) mass is 391 g/mol. The van der Waals surface area contributed by atoms with Crippen LogP contribution in [0.1, 0.15) is 28.9 Å². The molecule has 2 aromatic rings. The molecule has 1 aliphatic heterocycles. The number of rotatable bonds is 8. The second-order valence-corrected chi connectivity index (χ2v) is 7.65. The summed E-state index contributed by atoms with van der Waals surface area (Å²) in [7, 11) is 1.65. The van der Waals surface area contributed by atoms with Crippen molar-refractivity contribution in [1.82, 2.24) is 14.8 Å². The summed E-state index contributed by atoms with van der Waals surface area (Å²) < 4.78 is 19.0. The summed E-state index contributed by atoms with van der Waals surface area (Å²) in [4.78, 5) is 21.0. The highest BCUT2D eigenvalue weighted by atomic mass is 32.1. The predicted octanol–water partition coefficient (Wildman–Crippen LogP) is 3.28. The summed E-state index contributed by atoms with van der Waals surface area (Å²) in [5.74, 6) is 0.280. The number of piperidine rings is 1. The van der Waals surface area contributed by atoms with Gasteiger partial charge >= 0.3 is 0 Å². The Morgan fingerprint density at radius 3 is 2.81 bits per heavy atom. The number of carbonyl (C=O) groups is 1. The number of thiazole rings is 1. The maximum Gasteiger partial charge on any atom is 0.273 e. The molecule has 27 heavy (non-hydrogen) atoms. The van der Waals surface area contributed by atoms with Gasteiger partial charge in [-0.1, -0.05) is 18.2 Å². The minimum absolute atomic E-state index is 0.0258. The Hall–Kier alpha value is -1.83. The third-order valence-electron chi connectivity index (χ3n) is 5.04. The number of hydrogen-bond donors (Lipinski definition) is 0. The molecule has 1 fully saturated rings. The standard InChI is InChI=1S/C20H26FN3O2S/c1-26-11-10-24(20(25)19-14-27-15-22-19)12-16-6-8-23(9-7-16)13-17-4-2-3-5-18(17)21/h2-5,14-16H,6-13H2,1H3. The highest BCUT2D eigenvalue weighted by molar-refractivity contribution is 7.07. The topological polar surface area (TPSA) is 45.7 Å². The van der Waals surface area contributed by atoms with Crippen LogP contribution in [0.4, 0.5) is 4.39 Å². The van der Waals surface area contributed by atoms with E-state index in [1.165, 1.54) is 17.4 Å². The zero-order valence-corrected chi connectivity index (χ0v) is 16.5. The molecule has 0 atom stereocenters. The predicted molar refractivity (Wildman–Crippen MR) is 104 cm³/mol. The second kappa shape index (κ2) is 9.92. The molecule has 1 aliphatic rings. The van der Waals surface area contributed by atoms with Gasteiger partial charge in [0, 0.05) is 37.7 Å². The molecule has 0 radical (unpaired) electrons. The van der Waals surface area contributed by atoms with E-state index < -0.39 is 0 Å². The van der Waals surface area contributed by atoms with Crippen LogP contribution in [0, 0.1) is 11.7 Å². The van der Waals surface area contributed by atoms with E-state index in [1.807, 2.05) is 17.0 Å². The van der Waals surface area contributed by atoms with Crippen LogP contribution in [0.3, 0.4) is 0 Å². The lowest BCUT2D eigenvalue weighted by atomic mass is 9.95. The first-order valence-electron chi connectivity index (χ1n) is 9.29. The van der Waals surface area contributed by atoms with E-state index in [0.29, 0.717) is 37.9 Å². The summed E-state index contributed by atoms with van der Waals surface area (Å²) in [5.41, 5.74) is 2.94. The van der Waals surface area contributed by atoms with Crippen molar-refractivity contribution in [3.8, 4) is 0 Å². The van der Waals surface area contributed by atoms with Crippen LogP contribution < -0.4 is 0 Å². The van der Waals surface area contributed by atoms with Crippen LogP contribution in [-0.4, -0.2) is 60.6 Å². The molecule has 0 saturated carbocycles. The van der Waals surface area contributed by atoms with Crippen molar-refractivity contribution in [2.75, 3.05) is 39.9 Å². The third kappa shape index (κ3) is 5.57. The highest BCUT2D eigenvalue weighted by Crippen LogP contribution is 2.21. The molecule has 0 bridgehead atoms. The number of likely N-dealkylation sites (tertiary alicyclic amines) is 1. The Labute approximate surface area is 163 Å². The average molecular weight is 392 g/mol. The average Bonchev–Trinajstić information content (AvgIpc) is 3.22. The molecule has 3 rings (SSSR count). The Morgan fingerprint density at radius 1 is 1.37 bits per heavy atom. The molecular weight excluding hydrogens is 365 g/mol. The van der Waals surface area contributed by atoms with Gasteiger partial charge in [0.25, 0.3) is 5.91 Å². The molecule has 1 aromatic heterocycles. The molecule has 0 unspecified atom stereocenters. The minimum Gasteiger partial charge on any atom is -0.383 e. The van der Waals surface area contributed by atoms with Crippen molar-refractivity contribution in [2.24, 2.45) is 5.92 Å². The van der Waals surface area contributed by atoms with Gasteiger partial charge < -0.3 is 9.64 Å². The van der Waals surface area contributed by atoms with Gasteiger partial charge in [-0.2, -0.15) is 0 Å². The first-order valence-corrected chi connectivity index (χ1v) is 10.2. The summed E-state index contributed by atoms with van der Waals surface area (Å²) in [6.45, 7) is 4.28. The van der Waals surface area contributed by atoms with Gasteiger partial charge in [0.15, 0.2) is 0 Å². The lowest BCUT2D eigenvalue weighted by Crippen LogP contribution is -2.42. The van der Waals surface area contributed by atoms with Crippen LogP contribution in [0.2, 0.25) is 0 Å². The van der Waals surface area contributed by atoms with Crippen LogP contribution >= 0.6 is 11.3 Å². The Morgan fingerprint density at radius 2 is 2.15 bits per heavy atom. The summed E-state index contributed by atoms with van der Waals surface area (Å²) in [6.07, 6.45) is 2.00. The smallest absolute Gasteiger partial charge is 0.273 e. The molecule has 1 aromatic carbocycles. The van der Waals surface area contributed by atoms with Gasteiger partial charge in [-0.05, 0) is 37.9 Å². The maximum atomic E-state index is 13.8. The van der Waals surface area contributed by atoms with E-state index in [-0.39, 0.29) is 11.7 Å². The summed E-state index contributed by atoms with van der Waals surface area (Å²) >= 11 is 1.43. The van der Waals surface area contributed by atoms with E-state index in [2.05, 4.69) is 9.88 Å². The number of nitrogens with zero attached hydrogens (tertiary/aromatic N) is 3. The zero-order chi connectivity index (χ0) is 19.1. The molecule has 0 aliphatic carbocycles. The molecule has 0 spiro atoms. The number of amides is 1. The zero-order valence-electron chi connectivity index (χ0n) is 15.6. The molecule has 1 amide bonds. The minimum atomic E-state index is -0.140. The van der Waals surface area contributed by atoms with E-state index in [1.54, 1.807) is 24.1 Å². The van der Waals surface area contributed by atoms with Crippen molar-refractivity contribution in [1.29, 1.82) is 0 Å². The molecule has 1 saturated heterocycles. The number of carbonyl (C=O) groups excluding carboxylic acids is 1. The number of aromatic nitrogens is 1. The van der Waals surface area contributed by atoms with Gasteiger partial charge in [-0.15, -0.1) is 11.3 Å². The van der Waals surface area contributed by atoms with Gasteiger partial charge in [0.05, 0.1) is 12.1 Å². The molecule has 0 N–H and O–H groups in total. The fourth-order valence-corrected chi connectivity index (χ4v) is 3.99. The van der Waals surface area contributed by atoms with Crippen molar-refractivity contribution in [3.63, 3.8) is 0 Å². The second-order valence-electron chi connectivity index (χ2n) is 6.93. The highest BCUT2D eigenvalue weighted by Gasteiger charge is 2.25. The van der Waals surface area contributed by atoms with E-state index in [4.69, 9.17) is 4.74 Å². The number of benzene rings is 1. The lowest BCUT2D eigenvalue weighted by molar-refractivity contribution is 0.0612. The largest absolute Gasteiger partial charge is 0.383 e. The van der Waals surface area contributed by atoms with Crippen molar-refractivity contribution < 1.29 is 13.9 Å². The first-order chi connectivity index (χ1) is 13.2. The summed E-state index contributed by atoms with van der Waals surface area (Å²) in [6, 6.07) is 6.96. The molecule has 7 heteroatoms. The van der Waals surface area contributed by atoms with Crippen LogP contribution in [0.25, 0.3) is 0 Å². The number of ether oxygens (including phenoxy) is 1. The van der Waals surface area contributed by atoms with Gasteiger partial charge in [0.2, 0.25) is 0 Å². The van der Waals surface area contributed by atoms with Gasteiger partial charge in [0.1, 0.15) is 11.5 Å². The van der Waals surface area contributed by atoms with Crippen LogP contribution in [-0.2, 0) is 11.3 Å². The fourth-order valence-electron chi connectivity index (χ4n) is 3.46. The van der Waals surface area contributed by atoms with E-state index in [0.717, 1.165) is 31.5 Å². The third-order valence-corrected chi connectivity index (χ3v) is 5.63. The van der Waals surface area contributed by atoms with Gasteiger partial charge in [-0.3, -0.25) is 9.69 Å². The van der Waals surface area contributed by atoms with Crippen molar-refractivity contribution in [2.45, 2.75) is 19.4 Å². The molecular formula is C20H26FN3O2S. The Kier molecular flexibility index (Phi) is 7.32. The normalized spacial score (nSPS) is 15.8. The molecule has 2 heterocycles. The molecule has 5 nitrogen and oxygen atoms in total. The van der Waals surface area contributed by atoms with E-state index in [9.17, 15) is 9.18 Å².